The molecule has 2 aromatic carbocycles. The Morgan fingerprint density at radius 2 is 1.79 bits per heavy atom. The van der Waals surface area contributed by atoms with Gasteiger partial charge in [-0.1, -0.05) is 44.7 Å². The summed E-state index contributed by atoms with van der Waals surface area (Å²) in [5, 5.41) is 0. The van der Waals surface area contributed by atoms with E-state index in [1.54, 1.807) is 30.3 Å². The maximum absolute atomic E-state index is 12.1. The molecule has 0 saturated carbocycles. The second-order valence-corrected chi connectivity index (χ2v) is 6.26. The molecule has 0 radical (unpaired) electrons. The van der Waals surface area contributed by atoms with Gasteiger partial charge in [-0.15, -0.1) is 0 Å². The third kappa shape index (κ3) is 6.16. The molecule has 6 heteroatoms. The number of amides is 2. The Hall–Kier alpha value is -3.28. The lowest BCUT2D eigenvalue weighted by molar-refractivity contribution is -0.123. The highest BCUT2D eigenvalue weighted by Crippen LogP contribution is 2.28. The smallest absolute Gasteiger partial charge is 0.276 e. The normalized spacial score (nSPS) is 11.2. The molecule has 0 fully saturated rings. The second kappa shape index (κ2) is 10.8. The highest BCUT2D eigenvalue weighted by molar-refractivity contribution is 5.95. The summed E-state index contributed by atoms with van der Waals surface area (Å²) in [7, 11) is 0. The number of hydrazine groups is 1. The Bertz CT molecular complexity index is 802. The molecule has 0 aliphatic carbocycles. The van der Waals surface area contributed by atoms with E-state index in [-0.39, 0.29) is 6.61 Å². The van der Waals surface area contributed by atoms with Gasteiger partial charge < -0.3 is 9.47 Å². The van der Waals surface area contributed by atoms with Crippen molar-refractivity contribution in [1.29, 1.82) is 0 Å². The Balaban J connectivity index is 1.82. The minimum Gasteiger partial charge on any atom is -0.490 e. The Labute approximate surface area is 165 Å². The van der Waals surface area contributed by atoms with Gasteiger partial charge in [0.15, 0.2) is 6.61 Å². The first kappa shape index (κ1) is 21.0. The van der Waals surface area contributed by atoms with Crippen molar-refractivity contribution in [1.82, 2.24) is 10.9 Å². The highest BCUT2D eigenvalue weighted by atomic mass is 16.5. The van der Waals surface area contributed by atoms with Crippen molar-refractivity contribution in [2.45, 2.75) is 26.2 Å². The fraction of sp³-hybridized carbons (Fsp3) is 0.273. The molecule has 0 aliphatic heterocycles. The average molecular weight is 382 g/mol. The monoisotopic (exact) mass is 382 g/mol. The minimum absolute atomic E-state index is 0.192. The number of ether oxygens (including phenoxy) is 2. The molecule has 2 rings (SSSR count). The molecule has 0 saturated heterocycles. The fourth-order valence-electron chi connectivity index (χ4n) is 2.47. The van der Waals surface area contributed by atoms with Crippen LogP contribution in [-0.2, 0) is 4.79 Å². The van der Waals surface area contributed by atoms with E-state index in [9.17, 15) is 9.59 Å². The van der Waals surface area contributed by atoms with Crippen molar-refractivity contribution in [3.63, 3.8) is 0 Å². The molecule has 28 heavy (non-hydrogen) atoms. The minimum atomic E-state index is -0.446. The molecule has 1 atom stereocenters. The van der Waals surface area contributed by atoms with Crippen LogP contribution < -0.4 is 20.3 Å². The SMILES string of the molecule is C=CCOc1ccc(C(=O)NNC(=O)COc2ccccc2C(C)CC)cc1. The van der Waals surface area contributed by atoms with Crippen LogP contribution in [0.25, 0.3) is 0 Å². The number of rotatable bonds is 9. The van der Waals surface area contributed by atoms with Crippen LogP contribution in [0.3, 0.4) is 0 Å². The van der Waals surface area contributed by atoms with Crippen LogP contribution in [0.1, 0.15) is 42.1 Å². The van der Waals surface area contributed by atoms with Crippen molar-refractivity contribution >= 4 is 11.8 Å². The lowest BCUT2D eigenvalue weighted by Gasteiger charge is -2.15. The largest absolute Gasteiger partial charge is 0.490 e. The van der Waals surface area contributed by atoms with Crippen LogP contribution in [0.5, 0.6) is 11.5 Å². The fourth-order valence-corrected chi connectivity index (χ4v) is 2.47. The van der Waals surface area contributed by atoms with Crippen LogP contribution in [0.2, 0.25) is 0 Å². The molecule has 2 N–H and O–H groups in total. The van der Waals surface area contributed by atoms with Crippen LogP contribution in [0.4, 0.5) is 0 Å². The van der Waals surface area contributed by atoms with Crippen LogP contribution in [0, 0.1) is 0 Å². The zero-order valence-corrected chi connectivity index (χ0v) is 16.2. The van der Waals surface area contributed by atoms with E-state index in [4.69, 9.17) is 9.47 Å². The van der Waals surface area contributed by atoms with Gasteiger partial charge in [-0.2, -0.15) is 0 Å². The summed E-state index contributed by atoms with van der Waals surface area (Å²) in [5.41, 5.74) is 6.18. The Morgan fingerprint density at radius 3 is 2.46 bits per heavy atom. The van der Waals surface area contributed by atoms with Crippen LogP contribution >= 0.6 is 0 Å². The molecular formula is C22H26N2O4. The van der Waals surface area contributed by atoms with Gasteiger partial charge >= 0.3 is 0 Å². The predicted octanol–water partition coefficient (Wildman–Crippen LogP) is 3.60. The quantitative estimate of drug-likeness (QED) is 0.513. The molecule has 0 bridgehead atoms. The van der Waals surface area contributed by atoms with Gasteiger partial charge in [0, 0.05) is 5.56 Å². The van der Waals surface area contributed by atoms with Gasteiger partial charge in [-0.25, -0.2) is 0 Å². The molecule has 148 valence electrons. The van der Waals surface area contributed by atoms with Crippen molar-refractivity contribution in [2.75, 3.05) is 13.2 Å². The van der Waals surface area contributed by atoms with E-state index in [1.807, 2.05) is 24.3 Å². The molecule has 1 unspecified atom stereocenters. The summed E-state index contributed by atoms with van der Waals surface area (Å²) in [6.45, 7) is 7.98. The van der Waals surface area contributed by atoms with Crippen molar-refractivity contribution < 1.29 is 19.1 Å². The number of hydrogen-bond acceptors (Lipinski definition) is 4. The maximum Gasteiger partial charge on any atom is 0.276 e. The molecule has 0 aliphatic rings. The summed E-state index contributed by atoms with van der Waals surface area (Å²) >= 11 is 0. The highest BCUT2D eigenvalue weighted by Gasteiger charge is 2.12. The lowest BCUT2D eigenvalue weighted by atomic mass is 9.98. The first-order valence-electron chi connectivity index (χ1n) is 9.19. The topological polar surface area (TPSA) is 76.7 Å². The summed E-state index contributed by atoms with van der Waals surface area (Å²) in [4.78, 5) is 24.1. The van der Waals surface area contributed by atoms with Gasteiger partial charge in [-0.3, -0.25) is 20.4 Å². The third-order valence-electron chi connectivity index (χ3n) is 4.22. The van der Waals surface area contributed by atoms with Crippen LogP contribution in [-0.4, -0.2) is 25.0 Å². The Morgan fingerprint density at radius 1 is 1.07 bits per heavy atom. The van der Waals surface area contributed by atoms with Gasteiger partial charge in [-0.05, 0) is 48.2 Å². The number of nitrogens with one attached hydrogen (secondary N) is 2. The first-order chi connectivity index (χ1) is 13.5. The zero-order chi connectivity index (χ0) is 20.4. The zero-order valence-electron chi connectivity index (χ0n) is 16.2. The van der Waals surface area contributed by atoms with E-state index >= 15 is 0 Å². The van der Waals surface area contributed by atoms with E-state index in [0.29, 0.717) is 29.6 Å². The number of carbonyl (C=O) groups excluding carboxylic acids is 2. The predicted molar refractivity (Wildman–Crippen MR) is 108 cm³/mol. The van der Waals surface area contributed by atoms with Crippen molar-refractivity contribution in [2.24, 2.45) is 0 Å². The number of benzene rings is 2. The molecule has 6 nitrogen and oxygen atoms in total. The molecule has 2 aromatic rings. The number of hydrogen-bond donors (Lipinski definition) is 2. The van der Waals surface area contributed by atoms with Gasteiger partial charge in [0.05, 0.1) is 0 Å². The third-order valence-corrected chi connectivity index (χ3v) is 4.22. The first-order valence-corrected chi connectivity index (χ1v) is 9.19. The van der Waals surface area contributed by atoms with Gasteiger partial charge in [0.25, 0.3) is 11.8 Å². The number of para-hydroxylation sites is 1. The average Bonchev–Trinajstić information content (AvgIpc) is 2.74. The summed E-state index contributed by atoms with van der Waals surface area (Å²) in [5.74, 6) is 0.765. The van der Waals surface area contributed by atoms with E-state index in [1.165, 1.54) is 0 Å². The van der Waals surface area contributed by atoms with Crippen molar-refractivity contribution in [3.8, 4) is 11.5 Å². The summed E-state index contributed by atoms with van der Waals surface area (Å²) in [6.07, 6.45) is 2.61. The molecule has 0 heterocycles. The maximum atomic E-state index is 12.1. The molecule has 0 aromatic heterocycles. The second-order valence-electron chi connectivity index (χ2n) is 6.26. The molecule has 0 spiro atoms. The standard InChI is InChI=1S/C22H26N2O4/c1-4-14-27-18-12-10-17(11-13-18)22(26)24-23-21(25)15-28-20-9-7-6-8-19(20)16(3)5-2/h4,6-13,16H,1,5,14-15H2,2-3H3,(H,23,25)(H,24,26). The van der Waals surface area contributed by atoms with E-state index in [2.05, 4.69) is 31.3 Å². The van der Waals surface area contributed by atoms with E-state index < -0.39 is 11.8 Å². The van der Waals surface area contributed by atoms with E-state index in [0.717, 1.165) is 12.0 Å². The summed E-state index contributed by atoms with van der Waals surface area (Å²) < 4.78 is 11.0. The van der Waals surface area contributed by atoms with Gasteiger partial charge in [0.2, 0.25) is 0 Å². The lowest BCUT2D eigenvalue weighted by Crippen LogP contribution is -2.43. The molecular weight excluding hydrogens is 356 g/mol. The summed E-state index contributed by atoms with van der Waals surface area (Å²) in [6, 6.07) is 14.2. The Kier molecular flexibility index (Phi) is 8.09. The molecule has 2 amide bonds. The number of carbonyl (C=O) groups is 2. The van der Waals surface area contributed by atoms with Crippen LogP contribution in [0.15, 0.2) is 61.2 Å². The van der Waals surface area contributed by atoms with Gasteiger partial charge in [0.1, 0.15) is 18.1 Å². The van der Waals surface area contributed by atoms with Crippen molar-refractivity contribution in [3.05, 3.63) is 72.3 Å².